The van der Waals surface area contributed by atoms with Gasteiger partial charge in [0.1, 0.15) is 6.54 Å². The Morgan fingerprint density at radius 3 is 2.44 bits per heavy atom. The van der Waals surface area contributed by atoms with E-state index < -0.39 is 0 Å². The molecule has 0 saturated carbocycles. The van der Waals surface area contributed by atoms with Crippen molar-refractivity contribution >= 4 is 28.3 Å². The van der Waals surface area contributed by atoms with Crippen LogP contribution in [0.5, 0.6) is 0 Å². The number of anilines is 1. The van der Waals surface area contributed by atoms with E-state index in [-0.39, 0.29) is 18.2 Å². The van der Waals surface area contributed by atoms with Crippen LogP contribution in [-0.4, -0.2) is 16.3 Å². The van der Waals surface area contributed by atoms with Gasteiger partial charge >= 0.3 is 0 Å². The second kappa shape index (κ2) is 6.93. The van der Waals surface area contributed by atoms with Crippen LogP contribution in [0.4, 0.5) is 5.69 Å². The molecule has 1 aromatic heterocycles. The van der Waals surface area contributed by atoms with Crippen LogP contribution in [-0.2, 0) is 17.8 Å². The first kappa shape index (κ1) is 17.0. The highest BCUT2D eigenvalue weighted by molar-refractivity contribution is 6.08. The zero-order valence-electron chi connectivity index (χ0n) is 14.8. The Balaban J connectivity index is 1.93. The molecule has 3 rings (SSSR count). The molecule has 0 unspecified atom stereocenters. The number of para-hydroxylation sites is 1. The third kappa shape index (κ3) is 3.48. The van der Waals surface area contributed by atoms with E-state index in [1.807, 2.05) is 54.0 Å². The van der Waals surface area contributed by atoms with Crippen LogP contribution in [0.2, 0.25) is 0 Å². The van der Waals surface area contributed by atoms with Crippen molar-refractivity contribution < 1.29 is 9.59 Å². The largest absolute Gasteiger partial charge is 0.337 e. The van der Waals surface area contributed by atoms with E-state index in [9.17, 15) is 9.59 Å². The molecule has 0 spiro atoms. The Bertz CT molecular complexity index is 936. The smallest absolute Gasteiger partial charge is 0.244 e. The highest BCUT2D eigenvalue weighted by Gasteiger charge is 2.16. The number of carbonyl (C=O) groups excluding carboxylic acids is 2. The zero-order chi connectivity index (χ0) is 18.0. The maximum absolute atomic E-state index is 12.5. The number of aryl methyl sites for hydroxylation is 2. The van der Waals surface area contributed by atoms with Gasteiger partial charge in [0.25, 0.3) is 0 Å². The summed E-state index contributed by atoms with van der Waals surface area (Å²) in [6.07, 6.45) is 2.64. The van der Waals surface area contributed by atoms with Crippen LogP contribution in [0.25, 0.3) is 10.9 Å². The number of carbonyl (C=O) groups is 2. The summed E-state index contributed by atoms with van der Waals surface area (Å²) in [5.74, 6) is -0.0993. The second-order valence-electron chi connectivity index (χ2n) is 6.31. The SMILES string of the molecule is CCc1cccc2c(C(C)=O)cn(CC(=O)Nc3ccc(C)cc3)c12. The van der Waals surface area contributed by atoms with Gasteiger partial charge in [-0.3, -0.25) is 9.59 Å². The van der Waals surface area contributed by atoms with Crippen molar-refractivity contribution in [2.45, 2.75) is 33.7 Å². The summed E-state index contributed by atoms with van der Waals surface area (Å²) >= 11 is 0. The van der Waals surface area contributed by atoms with E-state index in [2.05, 4.69) is 12.2 Å². The van der Waals surface area contributed by atoms with Crippen molar-refractivity contribution in [3.63, 3.8) is 0 Å². The van der Waals surface area contributed by atoms with Gasteiger partial charge in [-0.25, -0.2) is 0 Å². The lowest BCUT2D eigenvalue weighted by Crippen LogP contribution is -2.18. The Hall–Kier alpha value is -2.88. The lowest BCUT2D eigenvalue weighted by molar-refractivity contribution is -0.116. The van der Waals surface area contributed by atoms with Gasteiger partial charge in [-0.2, -0.15) is 0 Å². The van der Waals surface area contributed by atoms with Crippen LogP contribution < -0.4 is 5.32 Å². The van der Waals surface area contributed by atoms with Gasteiger partial charge in [0.15, 0.2) is 5.78 Å². The summed E-state index contributed by atoms with van der Waals surface area (Å²) in [7, 11) is 0. The quantitative estimate of drug-likeness (QED) is 0.705. The molecule has 1 heterocycles. The minimum absolute atomic E-state index is 0.0101. The number of nitrogens with one attached hydrogen (secondary N) is 1. The predicted octanol–water partition coefficient (Wildman–Crippen LogP) is 4.35. The molecule has 128 valence electrons. The molecule has 0 aliphatic carbocycles. The van der Waals surface area contributed by atoms with Gasteiger partial charge in [0.05, 0.1) is 5.52 Å². The highest BCUT2D eigenvalue weighted by atomic mass is 16.2. The Morgan fingerprint density at radius 2 is 1.80 bits per heavy atom. The fourth-order valence-electron chi connectivity index (χ4n) is 3.12. The molecule has 0 atom stereocenters. The minimum Gasteiger partial charge on any atom is -0.337 e. The molecular weight excluding hydrogens is 312 g/mol. The van der Waals surface area contributed by atoms with Crippen LogP contribution >= 0.6 is 0 Å². The Morgan fingerprint density at radius 1 is 1.08 bits per heavy atom. The first-order valence-electron chi connectivity index (χ1n) is 8.47. The molecule has 0 aliphatic heterocycles. The standard InChI is InChI=1S/C21H22N2O2/c1-4-16-6-5-7-18-19(15(3)24)12-23(21(16)18)13-20(25)22-17-10-8-14(2)9-11-17/h5-12H,4,13H2,1-3H3,(H,22,25). The number of aromatic nitrogens is 1. The average Bonchev–Trinajstić information content (AvgIpc) is 2.96. The number of fused-ring (bicyclic) bond motifs is 1. The fourth-order valence-corrected chi connectivity index (χ4v) is 3.12. The Labute approximate surface area is 147 Å². The Kier molecular flexibility index (Phi) is 4.70. The van der Waals surface area contributed by atoms with Gasteiger partial charge in [-0.05, 0) is 38.0 Å². The van der Waals surface area contributed by atoms with Gasteiger partial charge in [-0.1, -0.05) is 42.8 Å². The lowest BCUT2D eigenvalue weighted by Gasteiger charge is -2.10. The van der Waals surface area contributed by atoms with Gasteiger partial charge in [-0.15, -0.1) is 0 Å². The summed E-state index contributed by atoms with van der Waals surface area (Å²) in [5, 5.41) is 3.83. The predicted molar refractivity (Wildman–Crippen MR) is 101 cm³/mol. The number of nitrogens with zero attached hydrogens (tertiary/aromatic N) is 1. The highest BCUT2D eigenvalue weighted by Crippen LogP contribution is 2.26. The molecule has 0 saturated heterocycles. The van der Waals surface area contributed by atoms with E-state index in [1.165, 1.54) is 0 Å². The summed E-state index contributed by atoms with van der Waals surface area (Å²) in [5.41, 5.74) is 4.68. The molecule has 4 nitrogen and oxygen atoms in total. The summed E-state index contributed by atoms with van der Waals surface area (Å²) in [6.45, 7) is 5.82. The van der Waals surface area contributed by atoms with Crippen molar-refractivity contribution in [3.8, 4) is 0 Å². The van der Waals surface area contributed by atoms with Gasteiger partial charge in [0.2, 0.25) is 5.91 Å². The van der Waals surface area contributed by atoms with Crippen molar-refractivity contribution in [1.29, 1.82) is 0 Å². The molecule has 4 heteroatoms. The van der Waals surface area contributed by atoms with Crippen molar-refractivity contribution in [3.05, 3.63) is 65.4 Å². The van der Waals surface area contributed by atoms with Gasteiger partial charge < -0.3 is 9.88 Å². The maximum atomic E-state index is 12.5. The third-order valence-corrected chi connectivity index (χ3v) is 4.39. The summed E-state index contributed by atoms with van der Waals surface area (Å²) in [6, 6.07) is 13.6. The van der Waals surface area contributed by atoms with E-state index in [1.54, 1.807) is 13.1 Å². The molecule has 0 fully saturated rings. The van der Waals surface area contributed by atoms with Crippen LogP contribution in [0.15, 0.2) is 48.7 Å². The molecule has 3 aromatic rings. The van der Waals surface area contributed by atoms with Gasteiger partial charge in [0, 0.05) is 22.8 Å². The molecule has 0 bridgehead atoms. The molecule has 0 radical (unpaired) electrons. The lowest BCUT2D eigenvalue weighted by atomic mass is 10.1. The first-order valence-corrected chi connectivity index (χ1v) is 8.47. The van der Waals surface area contributed by atoms with E-state index in [4.69, 9.17) is 0 Å². The third-order valence-electron chi connectivity index (χ3n) is 4.39. The minimum atomic E-state index is -0.109. The maximum Gasteiger partial charge on any atom is 0.244 e. The normalized spacial score (nSPS) is 10.8. The number of benzene rings is 2. The number of ketones is 1. The van der Waals surface area contributed by atoms with Crippen molar-refractivity contribution in [2.24, 2.45) is 0 Å². The first-order chi connectivity index (χ1) is 12.0. The molecule has 0 aliphatic rings. The van der Waals surface area contributed by atoms with E-state index in [0.717, 1.165) is 34.1 Å². The molecule has 25 heavy (non-hydrogen) atoms. The average molecular weight is 334 g/mol. The van der Waals surface area contributed by atoms with Crippen LogP contribution in [0.3, 0.4) is 0 Å². The second-order valence-corrected chi connectivity index (χ2v) is 6.31. The molecule has 1 amide bonds. The van der Waals surface area contributed by atoms with E-state index in [0.29, 0.717) is 5.56 Å². The van der Waals surface area contributed by atoms with Crippen molar-refractivity contribution in [1.82, 2.24) is 4.57 Å². The number of hydrogen-bond donors (Lipinski definition) is 1. The number of Topliss-reactive ketones (excluding diaryl/α,β-unsaturated/α-hetero) is 1. The number of amides is 1. The van der Waals surface area contributed by atoms with Crippen molar-refractivity contribution in [2.75, 3.05) is 5.32 Å². The number of hydrogen-bond acceptors (Lipinski definition) is 2. The monoisotopic (exact) mass is 334 g/mol. The topological polar surface area (TPSA) is 51.1 Å². The van der Waals surface area contributed by atoms with Crippen LogP contribution in [0, 0.1) is 6.92 Å². The molecule has 1 N–H and O–H groups in total. The summed E-state index contributed by atoms with van der Waals surface area (Å²) < 4.78 is 1.88. The fraction of sp³-hybridized carbons (Fsp3) is 0.238. The number of rotatable bonds is 5. The molecular formula is C21H22N2O2. The van der Waals surface area contributed by atoms with Crippen LogP contribution in [0.1, 0.15) is 35.3 Å². The molecule has 2 aromatic carbocycles. The zero-order valence-corrected chi connectivity index (χ0v) is 14.8. The van der Waals surface area contributed by atoms with E-state index >= 15 is 0 Å². The summed E-state index contributed by atoms with van der Waals surface area (Å²) in [4.78, 5) is 24.4.